The number of hydrogen-bond donors (Lipinski definition) is 0. The fourth-order valence-corrected chi connectivity index (χ4v) is 3.26. The van der Waals surface area contributed by atoms with Crippen LogP contribution in [0, 0.1) is 5.92 Å². The van der Waals surface area contributed by atoms with Crippen molar-refractivity contribution in [2.75, 3.05) is 19.6 Å². The molecule has 1 saturated heterocycles. The van der Waals surface area contributed by atoms with E-state index >= 15 is 0 Å². The van der Waals surface area contributed by atoms with Gasteiger partial charge < -0.3 is 14.5 Å². The van der Waals surface area contributed by atoms with Crippen molar-refractivity contribution in [1.82, 2.24) is 9.80 Å². The van der Waals surface area contributed by atoms with E-state index in [1.54, 1.807) is 4.90 Å². The molecule has 1 fully saturated rings. The van der Waals surface area contributed by atoms with Gasteiger partial charge in [-0.3, -0.25) is 4.79 Å². The van der Waals surface area contributed by atoms with Crippen molar-refractivity contribution < 1.29 is 14.3 Å². The smallest absolute Gasteiger partial charge is 0.410 e. The van der Waals surface area contributed by atoms with Gasteiger partial charge in [0, 0.05) is 31.2 Å². The van der Waals surface area contributed by atoms with Crippen LogP contribution in [0.15, 0.2) is 30.3 Å². The van der Waals surface area contributed by atoms with Gasteiger partial charge in [0.2, 0.25) is 0 Å². The number of nitrogens with zero attached hydrogens (tertiary/aromatic N) is 2. The molecule has 1 unspecified atom stereocenters. The van der Waals surface area contributed by atoms with Crippen LogP contribution in [-0.4, -0.2) is 53.1 Å². The Hall–Kier alpha value is -2.04. The Morgan fingerprint density at radius 2 is 1.88 bits per heavy atom. The number of amides is 2. The predicted molar refractivity (Wildman–Crippen MR) is 103 cm³/mol. The molecule has 1 aromatic carbocycles. The van der Waals surface area contributed by atoms with Crippen molar-refractivity contribution in [3.05, 3.63) is 35.9 Å². The molecule has 0 saturated carbocycles. The molecule has 0 aliphatic carbocycles. The van der Waals surface area contributed by atoms with Crippen molar-refractivity contribution in [3.8, 4) is 0 Å². The second-order valence-corrected chi connectivity index (χ2v) is 8.35. The summed E-state index contributed by atoms with van der Waals surface area (Å²) in [4.78, 5) is 28.9. The second-order valence-electron chi connectivity index (χ2n) is 8.35. The third-order valence-corrected chi connectivity index (χ3v) is 4.53. The third kappa shape index (κ3) is 5.75. The summed E-state index contributed by atoms with van der Waals surface area (Å²) in [5.74, 6) is 0.343. The molecule has 5 heteroatoms. The molecular formula is C21H32N2O3. The molecule has 0 bridgehead atoms. The number of piperidine rings is 1. The molecule has 0 radical (unpaired) electrons. The number of carbonyl (C=O) groups excluding carboxylic acids is 2. The van der Waals surface area contributed by atoms with Gasteiger partial charge in [-0.25, -0.2) is 4.79 Å². The number of carbonyl (C=O) groups is 2. The maximum Gasteiger partial charge on any atom is 0.410 e. The standard InChI is InChI=1S/C21H32N2O3/c1-16(2)23(20(25)26-21(3,4)5)15-17-10-9-13-22(14-17)19(24)18-11-7-6-8-12-18/h6-8,11-12,16-17H,9-10,13-15H2,1-5H3. The summed E-state index contributed by atoms with van der Waals surface area (Å²) >= 11 is 0. The highest BCUT2D eigenvalue weighted by Gasteiger charge is 2.30. The molecule has 0 spiro atoms. The van der Waals surface area contributed by atoms with E-state index in [2.05, 4.69) is 0 Å². The SMILES string of the molecule is CC(C)N(CC1CCCN(C(=O)c2ccccc2)C1)C(=O)OC(C)(C)C. The van der Waals surface area contributed by atoms with Gasteiger partial charge in [-0.2, -0.15) is 0 Å². The first-order chi connectivity index (χ1) is 12.2. The van der Waals surface area contributed by atoms with Gasteiger partial charge in [0.25, 0.3) is 5.91 Å². The van der Waals surface area contributed by atoms with Gasteiger partial charge in [0.05, 0.1) is 0 Å². The quantitative estimate of drug-likeness (QED) is 0.809. The van der Waals surface area contributed by atoms with E-state index < -0.39 is 5.60 Å². The minimum absolute atomic E-state index is 0.0602. The third-order valence-electron chi connectivity index (χ3n) is 4.53. The average Bonchev–Trinajstić information content (AvgIpc) is 2.58. The molecule has 1 aromatic rings. The van der Waals surface area contributed by atoms with E-state index in [0.717, 1.165) is 24.9 Å². The zero-order chi connectivity index (χ0) is 19.3. The van der Waals surface area contributed by atoms with E-state index in [1.807, 2.05) is 69.9 Å². The maximum absolute atomic E-state index is 12.7. The van der Waals surface area contributed by atoms with E-state index in [1.165, 1.54) is 0 Å². The van der Waals surface area contributed by atoms with Crippen molar-refractivity contribution >= 4 is 12.0 Å². The van der Waals surface area contributed by atoms with Crippen LogP contribution in [0.1, 0.15) is 57.8 Å². The van der Waals surface area contributed by atoms with Gasteiger partial charge in [0.15, 0.2) is 0 Å². The lowest BCUT2D eigenvalue weighted by atomic mass is 9.96. The van der Waals surface area contributed by atoms with E-state index in [4.69, 9.17) is 4.74 Å². The average molecular weight is 360 g/mol. The first-order valence-corrected chi connectivity index (χ1v) is 9.51. The molecule has 26 heavy (non-hydrogen) atoms. The van der Waals surface area contributed by atoms with Gasteiger partial charge in [-0.05, 0) is 65.5 Å². The summed E-state index contributed by atoms with van der Waals surface area (Å²) in [5, 5.41) is 0. The van der Waals surface area contributed by atoms with E-state index in [0.29, 0.717) is 13.1 Å². The van der Waals surface area contributed by atoms with Crippen molar-refractivity contribution in [2.24, 2.45) is 5.92 Å². The normalized spacial score (nSPS) is 17.9. The monoisotopic (exact) mass is 360 g/mol. The molecule has 1 aliphatic rings. The largest absolute Gasteiger partial charge is 0.444 e. The van der Waals surface area contributed by atoms with Crippen LogP contribution in [0.2, 0.25) is 0 Å². The Kier molecular flexibility index (Phi) is 6.68. The van der Waals surface area contributed by atoms with Crippen molar-refractivity contribution in [3.63, 3.8) is 0 Å². The van der Waals surface area contributed by atoms with E-state index in [9.17, 15) is 9.59 Å². The predicted octanol–water partition coefficient (Wildman–Crippen LogP) is 4.18. The summed E-state index contributed by atoms with van der Waals surface area (Å²) in [6, 6.07) is 9.46. The van der Waals surface area contributed by atoms with Gasteiger partial charge in [-0.1, -0.05) is 18.2 Å². The van der Waals surface area contributed by atoms with Crippen LogP contribution in [0.4, 0.5) is 4.79 Å². The topological polar surface area (TPSA) is 49.9 Å². The zero-order valence-electron chi connectivity index (χ0n) is 16.7. The summed E-state index contributed by atoms with van der Waals surface area (Å²) in [7, 11) is 0. The highest BCUT2D eigenvalue weighted by Crippen LogP contribution is 2.22. The Balaban J connectivity index is 2.01. The van der Waals surface area contributed by atoms with Gasteiger partial charge in [-0.15, -0.1) is 0 Å². The van der Waals surface area contributed by atoms with Crippen molar-refractivity contribution in [2.45, 2.75) is 59.1 Å². The molecule has 0 N–H and O–H groups in total. The van der Waals surface area contributed by atoms with Gasteiger partial charge >= 0.3 is 6.09 Å². The number of likely N-dealkylation sites (tertiary alicyclic amines) is 1. The fourth-order valence-electron chi connectivity index (χ4n) is 3.26. The Morgan fingerprint density at radius 3 is 2.46 bits per heavy atom. The molecule has 1 heterocycles. The zero-order valence-corrected chi connectivity index (χ0v) is 16.7. The molecule has 144 valence electrons. The van der Waals surface area contributed by atoms with Crippen LogP contribution in [0.25, 0.3) is 0 Å². The number of benzene rings is 1. The molecule has 2 rings (SSSR count). The van der Waals surface area contributed by atoms with Gasteiger partial charge in [0.1, 0.15) is 5.60 Å². The minimum Gasteiger partial charge on any atom is -0.444 e. The number of ether oxygens (including phenoxy) is 1. The number of rotatable bonds is 4. The Bertz CT molecular complexity index is 607. The summed E-state index contributed by atoms with van der Waals surface area (Å²) in [6.07, 6.45) is 1.70. The highest BCUT2D eigenvalue weighted by molar-refractivity contribution is 5.94. The van der Waals surface area contributed by atoms with Crippen LogP contribution in [-0.2, 0) is 4.74 Å². The molecule has 2 amide bonds. The van der Waals surface area contributed by atoms with Crippen LogP contribution in [0.3, 0.4) is 0 Å². The molecule has 1 atom stereocenters. The second kappa shape index (κ2) is 8.56. The van der Waals surface area contributed by atoms with Crippen LogP contribution >= 0.6 is 0 Å². The molecular weight excluding hydrogens is 328 g/mol. The number of hydrogen-bond acceptors (Lipinski definition) is 3. The minimum atomic E-state index is -0.508. The van der Waals surface area contributed by atoms with E-state index in [-0.39, 0.29) is 24.0 Å². The highest BCUT2D eigenvalue weighted by atomic mass is 16.6. The molecule has 1 aliphatic heterocycles. The Labute approximate surface area is 157 Å². The lowest BCUT2D eigenvalue weighted by molar-refractivity contribution is 0.0124. The van der Waals surface area contributed by atoms with Crippen LogP contribution < -0.4 is 0 Å². The van der Waals surface area contributed by atoms with Crippen molar-refractivity contribution in [1.29, 1.82) is 0 Å². The van der Waals surface area contributed by atoms with Crippen LogP contribution in [0.5, 0.6) is 0 Å². The molecule has 5 nitrogen and oxygen atoms in total. The Morgan fingerprint density at radius 1 is 1.23 bits per heavy atom. The maximum atomic E-state index is 12.7. The first-order valence-electron chi connectivity index (χ1n) is 9.51. The summed E-state index contributed by atoms with van der Waals surface area (Å²) in [6.45, 7) is 11.7. The fraction of sp³-hybridized carbons (Fsp3) is 0.619. The lowest BCUT2D eigenvalue weighted by Crippen LogP contribution is -2.48. The lowest BCUT2D eigenvalue weighted by Gasteiger charge is -2.37. The first kappa shape index (κ1) is 20.3. The summed E-state index contributed by atoms with van der Waals surface area (Å²) in [5.41, 5.74) is 0.215. The summed E-state index contributed by atoms with van der Waals surface area (Å²) < 4.78 is 5.55. The molecule has 0 aromatic heterocycles.